The fourth-order valence-electron chi connectivity index (χ4n) is 3.76. The molecular weight excluding hydrogens is 461 g/mol. The molecule has 3 aromatic rings. The molecule has 4 nitrogen and oxygen atoms in total. The summed E-state index contributed by atoms with van der Waals surface area (Å²) in [5, 5.41) is 1.14. The Balaban J connectivity index is 1.99. The zero-order valence-electron chi connectivity index (χ0n) is 15.6. The fraction of sp³-hybridized carbons (Fsp3) is 0.238. The van der Waals surface area contributed by atoms with E-state index >= 15 is 0 Å². The van der Waals surface area contributed by atoms with Crippen LogP contribution in [0.4, 0.5) is 5.69 Å². The second kappa shape index (κ2) is 7.21. The average Bonchev–Trinajstić information content (AvgIpc) is 3.11. The third-order valence-corrected chi connectivity index (χ3v) is 6.04. The highest BCUT2D eigenvalue weighted by Gasteiger charge is 2.44. The van der Waals surface area contributed by atoms with Crippen molar-refractivity contribution in [3.05, 3.63) is 79.8 Å². The molecule has 144 valence electrons. The monoisotopic (exact) mass is 477 g/mol. The van der Waals surface area contributed by atoms with Gasteiger partial charge in [-0.25, -0.2) is 0 Å². The molecule has 0 bridgehead atoms. The third kappa shape index (κ3) is 3.06. The van der Waals surface area contributed by atoms with Gasteiger partial charge >= 0.3 is 0 Å². The zero-order valence-corrected chi connectivity index (χ0v) is 18.7. The first kappa shape index (κ1) is 19.5. The summed E-state index contributed by atoms with van der Waals surface area (Å²) in [6.07, 6.45) is 1.61. The number of rotatable bonds is 3. The lowest BCUT2D eigenvalue weighted by Gasteiger charge is -2.29. The van der Waals surface area contributed by atoms with Crippen molar-refractivity contribution in [2.45, 2.75) is 32.9 Å². The number of hydrogen-bond acceptors (Lipinski definition) is 2. The van der Waals surface area contributed by atoms with Crippen LogP contribution in [0, 0.1) is 6.92 Å². The number of pyridine rings is 1. The van der Waals surface area contributed by atoms with Gasteiger partial charge in [-0.05, 0) is 72.6 Å². The summed E-state index contributed by atoms with van der Waals surface area (Å²) in [6, 6.07) is 10.9. The van der Waals surface area contributed by atoms with Gasteiger partial charge in [0.15, 0.2) is 0 Å². The summed E-state index contributed by atoms with van der Waals surface area (Å²) in [5.74, 6) is -0.0674. The second-order valence-electron chi connectivity index (χ2n) is 7.14. The van der Waals surface area contributed by atoms with Crippen molar-refractivity contribution in [1.29, 1.82) is 0 Å². The van der Waals surface area contributed by atoms with Gasteiger partial charge < -0.3 is 4.57 Å². The number of anilines is 1. The minimum atomic E-state index is -0.370. The minimum absolute atomic E-state index is 0.0674. The first-order chi connectivity index (χ1) is 13.3. The quantitative estimate of drug-likeness (QED) is 0.425. The van der Waals surface area contributed by atoms with Crippen molar-refractivity contribution in [2.75, 3.05) is 4.90 Å². The summed E-state index contributed by atoms with van der Waals surface area (Å²) in [4.78, 5) is 19.8. The van der Waals surface area contributed by atoms with Crippen LogP contribution in [0.3, 0.4) is 0 Å². The Morgan fingerprint density at radius 2 is 1.82 bits per heavy atom. The van der Waals surface area contributed by atoms with E-state index in [2.05, 4.69) is 39.3 Å². The summed E-state index contributed by atoms with van der Waals surface area (Å²) in [6.45, 7) is 6.16. The first-order valence-corrected chi connectivity index (χ1v) is 10.5. The van der Waals surface area contributed by atoms with Gasteiger partial charge in [0.1, 0.15) is 6.04 Å². The molecule has 1 atom stereocenters. The van der Waals surface area contributed by atoms with Crippen LogP contribution < -0.4 is 4.90 Å². The van der Waals surface area contributed by atoms with Gasteiger partial charge in [-0.2, -0.15) is 0 Å². The molecule has 3 heterocycles. The van der Waals surface area contributed by atoms with E-state index in [0.29, 0.717) is 15.6 Å². The Bertz CT molecular complexity index is 1080. The lowest BCUT2D eigenvalue weighted by molar-refractivity contribution is 0.0993. The smallest absolute Gasteiger partial charge is 0.261 e. The van der Waals surface area contributed by atoms with Crippen LogP contribution in [-0.4, -0.2) is 15.5 Å². The molecule has 0 saturated carbocycles. The van der Waals surface area contributed by atoms with E-state index in [-0.39, 0.29) is 18.0 Å². The van der Waals surface area contributed by atoms with Crippen molar-refractivity contribution >= 4 is 50.7 Å². The largest absolute Gasteiger partial charge is 0.334 e. The van der Waals surface area contributed by atoms with Gasteiger partial charge in [0.25, 0.3) is 5.91 Å². The molecule has 1 aliphatic heterocycles. The molecule has 0 aliphatic carbocycles. The molecule has 2 aromatic heterocycles. The van der Waals surface area contributed by atoms with Gasteiger partial charge in [0, 0.05) is 22.9 Å². The van der Waals surface area contributed by atoms with Crippen LogP contribution in [0.15, 0.2) is 47.2 Å². The molecule has 1 aromatic carbocycles. The number of carbonyl (C=O) groups is 1. The fourth-order valence-corrected chi connectivity index (χ4v) is 4.87. The maximum atomic E-state index is 13.5. The van der Waals surface area contributed by atoms with Gasteiger partial charge in [-0.15, -0.1) is 0 Å². The number of hydrogen-bond donors (Lipinski definition) is 0. The normalized spacial score (nSPS) is 16.2. The van der Waals surface area contributed by atoms with Gasteiger partial charge in [-0.3, -0.25) is 14.7 Å². The number of fused-ring (bicyclic) bond motifs is 1. The van der Waals surface area contributed by atoms with E-state index in [0.717, 1.165) is 27.2 Å². The maximum Gasteiger partial charge on any atom is 0.261 e. The molecule has 1 amide bonds. The topological polar surface area (TPSA) is 38.1 Å². The maximum absolute atomic E-state index is 13.5. The van der Waals surface area contributed by atoms with Crippen LogP contribution in [-0.2, 0) is 0 Å². The highest BCUT2D eigenvalue weighted by molar-refractivity contribution is 9.10. The molecule has 1 unspecified atom stereocenters. The number of amides is 1. The summed E-state index contributed by atoms with van der Waals surface area (Å²) in [5.41, 5.74) is 4.09. The van der Waals surface area contributed by atoms with Crippen molar-refractivity contribution in [3.8, 4) is 0 Å². The molecule has 1 aliphatic rings. The number of halogens is 3. The van der Waals surface area contributed by atoms with Crippen LogP contribution in [0.25, 0.3) is 0 Å². The molecule has 0 spiro atoms. The van der Waals surface area contributed by atoms with E-state index < -0.39 is 0 Å². The Kier molecular flexibility index (Phi) is 5.02. The van der Waals surface area contributed by atoms with Crippen molar-refractivity contribution in [2.24, 2.45) is 0 Å². The van der Waals surface area contributed by atoms with Crippen LogP contribution in [0.2, 0.25) is 10.0 Å². The molecule has 0 saturated heterocycles. The highest BCUT2D eigenvalue weighted by Crippen LogP contribution is 2.45. The predicted molar refractivity (Wildman–Crippen MR) is 117 cm³/mol. The van der Waals surface area contributed by atoms with E-state index in [1.54, 1.807) is 17.2 Å². The van der Waals surface area contributed by atoms with Gasteiger partial charge in [0.05, 0.1) is 26.6 Å². The van der Waals surface area contributed by atoms with E-state index in [1.807, 2.05) is 37.3 Å². The number of nitrogens with zero attached hydrogens (tertiary/aromatic N) is 3. The Hall–Kier alpha value is -1.82. The molecule has 0 N–H and O–H groups in total. The van der Waals surface area contributed by atoms with Gasteiger partial charge in [-0.1, -0.05) is 29.3 Å². The van der Waals surface area contributed by atoms with Gasteiger partial charge in [0.2, 0.25) is 0 Å². The molecule has 4 rings (SSSR count). The van der Waals surface area contributed by atoms with Crippen LogP contribution in [0.1, 0.15) is 53.2 Å². The summed E-state index contributed by atoms with van der Waals surface area (Å²) >= 11 is 15.9. The minimum Gasteiger partial charge on any atom is -0.334 e. The Labute approximate surface area is 182 Å². The third-order valence-electron chi connectivity index (χ3n) is 4.97. The summed E-state index contributed by atoms with van der Waals surface area (Å²) in [7, 11) is 0. The standard InChI is InChI=1S/C21H18BrCl2N3O/c1-11(2)26-18(22)9-15-19(26)20(16-7-6-14(24)10-25-16)27(21(15)28)17-8-13(23)5-4-12(17)3/h4-11,20H,1-3H3. The van der Waals surface area contributed by atoms with Crippen LogP contribution >= 0.6 is 39.1 Å². The Morgan fingerprint density at radius 1 is 1.11 bits per heavy atom. The number of aromatic nitrogens is 2. The Morgan fingerprint density at radius 3 is 2.46 bits per heavy atom. The van der Waals surface area contributed by atoms with Crippen molar-refractivity contribution in [3.63, 3.8) is 0 Å². The molecular formula is C21H18BrCl2N3O. The molecule has 0 radical (unpaired) electrons. The van der Waals surface area contributed by atoms with E-state index in [9.17, 15) is 4.79 Å². The number of aryl methyl sites for hydroxylation is 1. The van der Waals surface area contributed by atoms with E-state index in [4.69, 9.17) is 23.2 Å². The number of benzene rings is 1. The highest BCUT2D eigenvalue weighted by atomic mass is 79.9. The van der Waals surface area contributed by atoms with Crippen LogP contribution in [0.5, 0.6) is 0 Å². The molecule has 7 heteroatoms. The SMILES string of the molecule is Cc1ccc(Cl)cc1N1C(=O)c2cc(Br)n(C(C)C)c2C1c1ccc(Cl)cn1. The van der Waals surface area contributed by atoms with E-state index in [1.165, 1.54) is 0 Å². The zero-order chi connectivity index (χ0) is 20.2. The predicted octanol–water partition coefficient (Wildman–Crippen LogP) is 6.59. The van der Waals surface area contributed by atoms with Crippen molar-refractivity contribution < 1.29 is 4.79 Å². The average molecular weight is 479 g/mol. The lowest BCUT2D eigenvalue weighted by atomic mass is 10.1. The molecule has 28 heavy (non-hydrogen) atoms. The van der Waals surface area contributed by atoms with Crippen molar-refractivity contribution in [1.82, 2.24) is 9.55 Å². The second-order valence-corrected chi connectivity index (χ2v) is 8.82. The summed E-state index contributed by atoms with van der Waals surface area (Å²) < 4.78 is 3.01. The first-order valence-electron chi connectivity index (χ1n) is 8.91. The lowest BCUT2D eigenvalue weighted by Crippen LogP contribution is -2.31. The number of carbonyl (C=O) groups excluding carboxylic acids is 1. The molecule has 0 fully saturated rings.